The fraction of sp³-hybridized carbons (Fsp3) is 0.137. The summed E-state index contributed by atoms with van der Waals surface area (Å²) in [6.07, 6.45) is 1.03. The number of fused-ring (bicyclic) bond motifs is 2. The molecule has 0 saturated heterocycles. The van der Waals surface area contributed by atoms with Crippen LogP contribution in [0.1, 0.15) is 75.1 Å². The van der Waals surface area contributed by atoms with E-state index >= 15 is 0 Å². The number of aromatic nitrogens is 2. The number of halogens is 2. The number of aromatic carboxylic acids is 1. The third kappa shape index (κ3) is 10.2. The van der Waals surface area contributed by atoms with E-state index in [0.717, 1.165) is 55.2 Å². The maximum Gasteiger partial charge on any atom is 0.352 e. The Morgan fingerprint density at radius 2 is 0.968 bits per heavy atom. The summed E-state index contributed by atoms with van der Waals surface area (Å²) < 4.78 is 13.6. The number of ether oxygens (including phenoxy) is 2. The van der Waals surface area contributed by atoms with Gasteiger partial charge in [0.2, 0.25) is 0 Å². The summed E-state index contributed by atoms with van der Waals surface area (Å²) >= 11 is 12.1. The average Bonchev–Trinajstić information content (AvgIpc) is 3.84. The van der Waals surface area contributed by atoms with E-state index in [2.05, 4.69) is 11.4 Å². The molecule has 10 nitrogen and oxygen atoms in total. The number of esters is 2. The first-order chi connectivity index (χ1) is 30.5. The van der Waals surface area contributed by atoms with Crippen LogP contribution in [0.15, 0.2) is 146 Å². The molecule has 0 aliphatic rings. The van der Waals surface area contributed by atoms with Gasteiger partial charge in [-0.1, -0.05) is 108 Å². The van der Waals surface area contributed by atoms with E-state index in [9.17, 15) is 24.3 Å². The highest BCUT2D eigenvalue weighted by atomic mass is 35.5. The van der Waals surface area contributed by atoms with E-state index in [1.165, 1.54) is 14.2 Å². The summed E-state index contributed by atoms with van der Waals surface area (Å²) in [6.45, 7) is 1.06. The van der Waals surface area contributed by atoms with Gasteiger partial charge in [0, 0.05) is 52.0 Å². The maximum atomic E-state index is 12.6. The van der Waals surface area contributed by atoms with Crippen molar-refractivity contribution in [2.75, 3.05) is 21.3 Å². The summed E-state index contributed by atoms with van der Waals surface area (Å²) in [4.78, 5) is 48.7. The Hall–Kier alpha value is -7.14. The fourth-order valence-corrected chi connectivity index (χ4v) is 8.02. The van der Waals surface area contributed by atoms with Gasteiger partial charge in [-0.25, -0.2) is 14.4 Å². The zero-order chi connectivity index (χ0) is 44.6. The molecule has 2 heterocycles. The molecule has 0 saturated carbocycles. The van der Waals surface area contributed by atoms with Crippen LogP contribution >= 0.6 is 23.2 Å². The molecule has 0 unspecified atom stereocenters. The summed E-state index contributed by atoms with van der Waals surface area (Å²) in [5.74, 6) is -1.97. The summed E-state index contributed by atoms with van der Waals surface area (Å²) in [5, 5.41) is 15.2. The molecule has 2 aromatic heterocycles. The molecule has 12 heteroatoms. The Morgan fingerprint density at radius 1 is 0.540 bits per heavy atom. The van der Waals surface area contributed by atoms with Gasteiger partial charge in [0.05, 0.1) is 25.3 Å². The van der Waals surface area contributed by atoms with E-state index < -0.39 is 17.9 Å². The van der Waals surface area contributed by atoms with Crippen molar-refractivity contribution in [3.8, 4) is 0 Å². The van der Waals surface area contributed by atoms with Crippen molar-refractivity contribution in [1.82, 2.24) is 14.5 Å². The van der Waals surface area contributed by atoms with Gasteiger partial charge in [0.1, 0.15) is 11.4 Å². The Labute approximate surface area is 374 Å². The zero-order valence-electron chi connectivity index (χ0n) is 34.7. The summed E-state index contributed by atoms with van der Waals surface area (Å²) in [5.41, 5.74) is 9.25. The van der Waals surface area contributed by atoms with Crippen molar-refractivity contribution >= 4 is 68.8 Å². The average molecular weight is 881 g/mol. The van der Waals surface area contributed by atoms with Crippen molar-refractivity contribution in [3.63, 3.8) is 0 Å². The molecule has 63 heavy (non-hydrogen) atoms. The SMILES string of the molecule is CNC(=O)c1cc2cc(Cc3ccc(Cl)cc3C(=O)OC)ccc2n1Cc1ccccc1.COC(=O)c1cc(Cl)ccc1Cc1ccc2c(c1)cc(C(=O)O)n2Cc1ccccc1. The summed E-state index contributed by atoms with van der Waals surface area (Å²) in [7, 11) is 4.32. The number of benzene rings is 6. The molecule has 0 radical (unpaired) electrons. The molecule has 6 aromatic carbocycles. The number of carbonyl (C=O) groups excluding carboxylic acids is 3. The molecule has 8 aromatic rings. The predicted molar refractivity (Wildman–Crippen MR) is 247 cm³/mol. The van der Waals surface area contributed by atoms with Gasteiger partial charge in [-0.2, -0.15) is 0 Å². The van der Waals surface area contributed by atoms with Gasteiger partial charge in [-0.15, -0.1) is 0 Å². The number of methoxy groups -OCH3 is 2. The van der Waals surface area contributed by atoms with E-state index in [1.54, 1.807) is 41.9 Å². The minimum absolute atomic E-state index is 0.135. The zero-order valence-corrected chi connectivity index (χ0v) is 36.2. The molecule has 2 N–H and O–H groups in total. The van der Waals surface area contributed by atoms with E-state index in [1.807, 2.05) is 114 Å². The first kappa shape index (κ1) is 43.9. The molecule has 0 aliphatic carbocycles. The number of carboxylic acids is 1. The molecular formula is C51H43Cl2N3O7. The number of nitrogens with one attached hydrogen (secondary N) is 1. The van der Waals surface area contributed by atoms with Crippen LogP contribution in [0.3, 0.4) is 0 Å². The number of carboxylic acid groups (broad SMARTS) is 1. The van der Waals surface area contributed by atoms with Gasteiger partial charge in [-0.05, 0) is 107 Å². The molecule has 0 spiro atoms. The monoisotopic (exact) mass is 879 g/mol. The van der Waals surface area contributed by atoms with Crippen LogP contribution in [0.5, 0.6) is 0 Å². The largest absolute Gasteiger partial charge is 0.477 e. The second kappa shape index (κ2) is 19.7. The number of nitrogens with zero attached hydrogens (tertiary/aromatic N) is 2. The van der Waals surface area contributed by atoms with Gasteiger partial charge in [0.25, 0.3) is 5.91 Å². The van der Waals surface area contributed by atoms with Crippen molar-refractivity contribution in [3.05, 3.63) is 212 Å². The van der Waals surface area contributed by atoms with Crippen LogP contribution in [0.25, 0.3) is 21.8 Å². The second-order valence-corrected chi connectivity index (χ2v) is 15.7. The number of amides is 1. The Bertz CT molecular complexity index is 2980. The molecule has 1 amide bonds. The summed E-state index contributed by atoms with van der Waals surface area (Å²) in [6, 6.07) is 45.7. The second-order valence-electron chi connectivity index (χ2n) is 14.8. The number of rotatable bonds is 12. The first-order valence-electron chi connectivity index (χ1n) is 20.0. The minimum atomic E-state index is -0.973. The van der Waals surface area contributed by atoms with Crippen LogP contribution in [0.2, 0.25) is 10.0 Å². The molecule has 8 rings (SSSR count). The Morgan fingerprint density at radius 3 is 1.38 bits per heavy atom. The first-order valence-corrected chi connectivity index (χ1v) is 20.7. The molecule has 0 aliphatic heterocycles. The van der Waals surface area contributed by atoms with Crippen molar-refractivity contribution in [2.45, 2.75) is 25.9 Å². The minimum Gasteiger partial charge on any atom is -0.477 e. The van der Waals surface area contributed by atoms with Crippen molar-refractivity contribution in [1.29, 1.82) is 0 Å². The molecule has 0 fully saturated rings. The molecule has 0 atom stereocenters. The maximum absolute atomic E-state index is 12.6. The quantitative estimate of drug-likeness (QED) is 0.117. The fourth-order valence-electron chi connectivity index (χ4n) is 7.67. The van der Waals surface area contributed by atoms with Gasteiger partial charge < -0.3 is 29.0 Å². The van der Waals surface area contributed by atoms with Crippen LogP contribution in [0, 0.1) is 0 Å². The highest BCUT2D eigenvalue weighted by molar-refractivity contribution is 6.31. The van der Waals surface area contributed by atoms with Gasteiger partial charge >= 0.3 is 17.9 Å². The van der Waals surface area contributed by atoms with E-state index in [4.69, 9.17) is 32.7 Å². The lowest BCUT2D eigenvalue weighted by Crippen LogP contribution is -2.21. The topological polar surface area (TPSA) is 129 Å². The lowest BCUT2D eigenvalue weighted by atomic mass is 9.99. The third-order valence-electron chi connectivity index (χ3n) is 10.7. The highest BCUT2D eigenvalue weighted by Crippen LogP contribution is 2.28. The third-order valence-corrected chi connectivity index (χ3v) is 11.2. The Balaban J connectivity index is 0.000000189. The predicted octanol–water partition coefficient (Wildman–Crippen LogP) is 10.5. The standard InChI is InChI=1S/C26H23ClN2O3.C25H20ClNO4/c1-28-25(30)24-14-20-13-18(12-19-9-10-21(27)15-22(19)26(31)32-2)8-11-23(20)29(24)16-17-6-4-3-5-7-17;1-31-25(30)21-14-20(26)9-8-18(21)11-17-7-10-22-19(12-17)13-23(24(28)29)27(22)15-16-5-3-2-4-6-16/h3-11,13-15H,12,16H2,1-2H3,(H,28,30);2-10,12-14H,11,15H2,1H3,(H,28,29). The number of carbonyl (C=O) groups is 4. The van der Waals surface area contributed by atoms with Crippen molar-refractivity contribution in [2.24, 2.45) is 0 Å². The smallest absolute Gasteiger partial charge is 0.352 e. The van der Waals surface area contributed by atoms with Gasteiger partial charge in [0.15, 0.2) is 0 Å². The normalized spacial score (nSPS) is 10.9. The van der Waals surface area contributed by atoms with Gasteiger partial charge in [-0.3, -0.25) is 4.79 Å². The highest BCUT2D eigenvalue weighted by Gasteiger charge is 2.19. The number of hydrogen-bond acceptors (Lipinski definition) is 6. The van der Waals surface area contributed by atoms with Crippen LogP contribution in [0.4, 0.5) is 0 Å². The number of hydrogen-bond donors (Lipinski definition) is 2. The van der Waals surface area contributed by atoms with E-state index in [-0.39, 0.29) is 11.6 Å². The van der Waals surface area contributed by atoms with E-state index in [0.29, 0.717) is 52.8 Å². The van der Waals surface area contributed by atoms with Crippen LogP contribution in [-0.4, -0.2) is 59.3 Å². The molecule has 0 bridgehead atoms. The van der Waals surface area contributed by atoms with Crippen LogP contribution < -0.4 is 5.32 Å². The lowest BCUT2D eigenvalue weighted by molar-refractivity contribution is 0.0590. The molecule has 318 valence electrons. The van der Waals surface area contributed by atoms with Crippen LogP contribution in [-0.2, 0) is 35.4 Å². The lowest BCUT2D eigenvalue weighted by Gasteiger charge is -2.11. The Kier molecular flexibility index (Phi) is 13.7. The molecular weight excluding hydrogens is 837 g/mol. The van der Waals surface area contributed by atoms with Crippen molar-refractivity contribution < 1.29 is 33.8 Å².